The normalized spacial score (nSPS) is 22.4. The maximum atomic E-state index is 12.3. The van der Waals surface area contributed by atoms with Crippen LogP contribution in [0.3, 0.4) is 0 Å². The van der Waals surface area contributed by atoms with E-state index in [2.05, 4.69) is 15.0 Å². The van der Waals surface area contributed by atoms with Crippen LogP contribution in [0, 0.1) is 0 Å². The molecule has 7 nitrogen and oxygen atoms in total. The number of hydrogen-bond acceptors (Lipinski definition) is 5. The Kier molecular flexibility index (Phi) is 7.02. The van der Waals surface area contributed by atoms with Crippen LogP contribution in [0.2, 0.25) is 0 Å². The number of amides is 1. The van der Waals surface area contributed by atoms with Crippen molar-refractivity contribution in [2.75, 3.05) is 26.7 Å². The number of likely N-dealkylation sites (tertiary alicyclic amines) is 1. The lowest BCUT2D eigenvalue weighted by Crippen LogP contribution is -2.46. The number of sulfonamides is 1. The quantitative estimate of drug-likeness (QED) is 0.725. The van der Waals surface area contributed by atoms with E-state index in [1.54, 1.807) is 24.3 Å². The summed E-state index contributed by atoms with van der Waals surface area (Å²) in [5.74, 6) is 0.517. The number of rotatable bonds is 5. The predicted octanol–water partition coefficient (Wildman–Crippen LogP) is 1.14. The number of carbonyl (C=O) groups is 1. The molecule has 2 heterocycles. The van der Waals surface area contributed by atoms with Gasteiger partial charge in [0, 0.05) is 37.7 Å². The fourth-order valence-corrected chi connectivity index (χ4v) is 4.52. The lowest BCUT2D eigenvalue weighted by atomic mass is 10.1. The number of benzene rings is 1. The van der Waals surface area contributed by atoms with E-state index in [0.717, 1.165) is 25.9 Å². The van der Waals surface area contributed by atoms with E-state index >= 15 is 0 Å². The Morgan fingerprint density at radius 1 is 1.38 bits per heavy atom. The summed E-state index contributed by atoms with van der Waals surface area (Å²) in [5, 5.41) is 3.23. The minimum absolute atomic E-state index is 0. The Labute approximate surface area is 160 Å². The lowest BCUT2D eigenvalue weighted by molar-refractivity contribution is -0.132. The SMILES string of the molecule is CNC1CCCN(C(=O)CCCN=C2NS(=O)(=O)c3ccccc32)C1.Cl. The number of halogens is 1. The molecule has 1 unspecified atom stereocenters. The van der Waals surface area contributed by atoms with Gasteiger partial charge in [0.15, 0.2) is 0 Å². The molecule has 1 aromatic carbocycles. The molecule has 3 rings (SSSR count). The molecule has 2 aliphatic rings. The summed E-state index contributed by atoms with van der Waals surface area (Å²) in [7, 11) is -1.57. The third-order valence-corrected chi connectivity index (χ3v) is 6.06. The molecule has 0 aromatic heterocycles. The van der Waals surface area contributed by atoms with E-state index < -0.39 is 10.0 Å². The van der Waals surface area contributed by atoms with Crippen LogP contribution in [0.5, 0.6) is 0 Å². The molecule has 0 spiro atoms. The van der Waals surface area contributed by atoms with Gasteiger partial charge in [-0.25, -0.2) is 8.42 Å². The maximum Gasteiger partial charge on any atom is 0.263 e. The van der Waals surface area contributed by atoms with E-state index in [4.69, 9.17) is 0 Å². The van der Waals surface area contributed by atoms with Crippen molar-refractivity contribution in [3.05, 3.63) is 29.8 Å². The van der Waals surface area contributed by atoms with Crippen LogP contribution in [-0.4, -0.2) is 57.8 Å². The van der Waals surface area contributed by atoms with E-state index in [0.29, 0.717) is 36.8 Å². The Morgan fingerprint density at radius 3 is 2.92 bits per heavy atom. The van der Waals surface area contributed by atoms with E-state index in [9.17, 15) is 13.2 Å². The molecule has 1 amide bonds. The summed E-state index contributed by atoms with van der Waals surface area (Å²) in [4.78, 5) is 18.8. The Balaban J connectivity index is 0.00000243. The number of carbonyl (C=O) groups excluding carboxylic acids is 1. The van der Waals surface area contributed by atoms with Gasteiger partial charge in [-0.3, -0.25) is 14.5 Å². The zero-order valence-corrected chi connectivity index (χ0v) is 16.4. The minimum Gasteiger partial charge on any atom is -0.341 e. The van der Waals surface area contributed by atoms with Crippen LogP contribution in [0.25, 0.3) is 0 Å². The van der Waals surface area contributed by atoms with Gasteiger partial charge >= 0.3 is 0 Å². The second-order valence-corrected chi connectivity index (χ2v) is 8.05. The van der Waals surface area contributed by atoms with Crippen molar-refractivity contribution in [3.63, 3.8) is 0 Å². The van der Waals surface area contributed by atoms with Gasteiger partial charge in [-0.1, -0.05) is 12.1 Å². The molecule has 0 saturated carbocycles. The van der Waals surface area contributed by atoms with Gasteiger partial charge in [0.25, 0.3) is 10.0 Å². The topological polar surface area (TPSA) is 90.9 Å². The molecule has 9 heteroatoms. The van der Waals surface area contributed by atoms with Gasteiger partial charge in [-0.2, -0.15) is 0 Å². The van der Waals surface area contributed by atoms with Crippen LogP contribution >= 0.6 is 12.4 Å². The van der Waals surface area contributed by atoms with Crippen molar-refractivity contribution < 1.29 is 13.2 Å². The molecule has 26 heavy (non-hydrogen) atoms. The molecule has 1 aromatic rings. The second kappa shape index (κ2) is 8.83. The first-order valence-corrected chi connectivity index (χ1v) is 10.1. The van der Waals surface area contributed by atoms with Crippen LogP contribution in [0.15, 0.2) is 34.2 Å². The summed E-state index contributed by atoms with van der Waals surface area (Å²) in [6, 6.07) is 7.16. The van der Waals surface area contributed by atoms with Crippen molar-refractivity contribution in [3.8, 4) is 0 Å². The Hall–Kier alpha value is -1.64. The Bertz CT molecular complexity index is 782. The minimum atomic E-state index is -3.50. The highest BCUT2D eigenvalue weighted by Crippen LogP contribution is 2.22. The molecule has 2 aliphatic heterocycles. The number of nitrogens with zero attached hydrogens (tertiary/aromatic N) is 2. The van der Waals surface area contributed by atoms with Crippen molar-refractivity contribution in [1.82, 2.24) is 14.9 Å². The highest BCUT2D eigenvalue weighted by atomic mass is 35.5. The number of nitrogens with one attached hydrogen (secondary N) is 2. The van der Waals surface area contributed by atoms with Gasteiger partial charge in [0.05, 0.1) is 4.90 Å². The molecule has 2 N–H and O–H groups in total. The average molecular weight is 401 g/mol. The van der Waals surface area contributed by atoms with Gasteiger partial charge < -0.3 is 10.2 Å². The predicted molar refractivity (Wildman–Crippen MR) is 103 cm³/mol. The summed E-state index contributed by atoms with van der Waals surface area (Å²) < 4.78 is 26.5. The van der Waals surface area contributed by atoms with Gasteiger partial charge in [0.2, 0.25) is 5.91 Å². The fraction of sp³-hybridized carbons (Fsp3) is 0.529. The van der Waals surface area contributed by atoms with Gasteiger partial charge in [0.1, 0.15) is 5.84 Å². The Morgan fingerprint density at radius 2 is 2.15 bits per heavy atom. The van der Waals surface area contributed by atoms with Crippen LogP contribution < -0.4 is 10.0 Å². The van der Waals surface area contributed by atoms with E-state index in [1.807, 2.05) is 11.9 Å². The fourth-order valence-electron chi connectivity index (χ4n) is 3.27. The molecule has 144 valence electrons. The van der Waals surface area contributed by atoms with Gasteiger partial charge in [-0.15, -0.1) is 12.4 Å². The monoisotopic (exact) mass is 400 g/mol. The molecule has 0 aliphatic carbocycles. The highest BCUT2D eigenvalue weighted by Gasteiger charge is 2.30. The molecule has 0 bridgehead atoms. The lowest BCUT2D eigenvalue weighted by Gasteiger charge is -2.32. The zero-order chi connectivity index (χ0) is 17.9. The van der Waals surface area contributed by atoms with Crippen molar-refractivity contribution in [1.29, 1.82) is 0 Å². The van der Waals surface area contributed by atoms with E-state index in [1.165, 1.54) is 0 Å². The molecule has 1 fully saturated rings. The van der Waals surface area contributed by atoms with Crippen LogP contribution in [0.4, 0.5) is 0 Å². The third kappa shape index (κ3) is 4.55. The average Bonchev–Trinajstić information content (AvgIpc) is 2.89. The molecule has 0 radical (unpaired) electrons. The summed E-state index contributed by atoms with van der Waals surface area (Å²) >= 11 is 0. The molecular formula is C17H25ClN4O3S. The number of hydrogen-bond donors (Lipinski definition) is 2. The van der Waals surface area contributed by atoms with Crippen molar-refractivity contribution in [2.45, 2.75) is 36.6 Å². The molecule has 1 atom stereocenters. The summed E-state index contributed by atoms with van der Waals surface area (Å²) in [6.45, 7) is 2.00. The first kappa shape index (κ1) is 20.7. The first-order valence-electron chi connectivity index (χ1n) is 8.63. The van der Waals surface area contributed by atoms with Crippen LogP contribution in [0.1, 0.15) is 31.2 Å². The number of aliphatic imine (C=N–C) groups is 1. The standard InChI is InChI=1S/C17H24N4O3S.ClH/c1-18-13-6-5-11-21(12-13)16(22)9-4-10-19-17-14-7-2-3-8-15(14)25(23,24)20-17;/h2-3,7-8,13,18H,4-6,9-12H2,1H3,(H,19,20);1H. The van der Waals surface area contributed by atoms with Crippen molar-refractivity contribution in [2.24, 2.45) is 4.99 Å². The highest BCUT2D eigenvalue weighted by molar-refractivity contribution is 7.90. The van der Waals surface area contributed by atoms with Crippen molar-refractivity contribution >= 4 is 34.2 Å². The van der Waals surface area contributed by atoms with Gasteiger partial charge in [-0.05, 0) is 38.4 Å². The summed E-state index contributed by atoms with van der Waals surface area (Å²) in [5.41, 5.74) is 0.599. The van der Waals surface area contributed by atoms with E-state index in [-0.39, 0.29) is 23.2 Å². The molecule has 1 saturated heterocycles. The first-order chi connectivity index (χ1) is 12.0. The summed E-state index contributed by atoms with van der Waals surface area (Å²) in [6.07, 6.45) is 3.17. The number of amidine groups is 1. The zero-order valence-electron chi connectivity index (χ0n) is 14.8. The largest absolute Gasteiger partial charge is 0.341 e. The van der Waals surface area contributed by atoms with Crippen LogP contribution in [-0.2, 0) is 14.8 Å². The molecular weight excluding hydrogens is 376 g/mol. The number of likely N-dealkylation sites (N-methyl/N-ethyl adjacent to an activating group) is 1. The maximum absolute atomic E-state index is 12.3. The number of fused-ring (bicyclic) bond motifs is 1. The third-order valence-electron chi connectivity index (χ3n) is 4.66. The number of piperidine rings is 1. The smallest absolute Gasteiger partial charge is 0.263 e. The second-order valence-electron chi connectivity index (χ2n) is 6.40.